The SMILES string of the molecule is CC(C)Cn1c(SCc2ccc(-c3ccc(Br)cc3)o2)nc2ccccc2c1=O. The van der Waals surface area contributed by atoms with E-state index in [4.69, 9.17) is 9.40 Å². The largest absolute Gasteiger partial charge is 0.460 e. The molecule has 0 saturated heterocycles. The minimum absolute atomic E-state index is 0.0156. The molecule has 0 unspecified atom stereocenters. The van der Waals surface area contributed by atoms with Gasteiger partial charge in [-0.2, -0.15) is 0 Å². The number of fused-ring (bicyclic) bond motifs is 1. The van der Waals surface area contributed by atoms with E-state index in [1.807, 2.05) is 60.7 Å². The number of benzene rings is 2. The van der Waals surface area contributed by atoms with Crippen LogP contribution in [0.4, 0.5) is 0 Å². The summed E-state index contributed by atoms with van der Waals surface area (Å²) < 4.78 is 8.84. The molecule has 2 aromatic heterocycles. The van der Waals surface area contributed by atoms with Gasteiger partial charge in [-0.15, -0.1) is 0 Å². The van der Waals surface area contributed by atoms with Gasteiger partial charge in [-0.3, -0.25) is 9.36 Å². The maximum Gasteiger partial charge on any atom is 0.262 e. The summed E-state index contributed by atoms with van der Waals surface area (Å²) in [6, 6.07) is 19.5. The summed E-state index contributed by atoms with van der Waals surface area (Å²) >= 11 is 4.98. The summed E-state index contributed by atoms with van der Waals surface area (Å²) in [7, 11) is 0. The quantitative estimate of drug-likeness (QED) is 0.243. The lowest BCUT2D eigenvalue weighted by Gasteiger charge is -2.14. The minimum atomic E-state index is 0.0156. The molecule has 4 rings (SSSR count). The third-order valence-electron chi connectivity index (χ3n) is 4.51. The van der Waals surface area contributed by atoms with Gasteiger partial charge in [0.15, 0.2) is 5.16 Å². The first-order chi connectivity index (χ1) is 14.0. The number of furan rings is 1. The molecule has 0 aliphatic carbocycles. The van der Waals surface area contributed by atoms with Crippen molar-refractivity contribution in [3.63, 3.8) is 0 Å². The zero-order valence-electron chi connectivity index (χ0n) is 16.3. The van der Waals surface area contributed by atoms with E-state index >= 15 is 0 Å². The van der Waals surface area contributed by atoms with E-state index in [9.17, 15) is 4.79 Å². The fraction of sp³-hybridized carbons (Fsp3) is 0.217. The number of thioether (sulfide) groups is 1. The van der Waals surface area contributed by atoms with Gasteiger partial charge >= 0.3 is 0 Å². The highest BCUT2D eigenvalue weighted by molar-refractivity contribution is 9.10. The number of hydrogen-bond acceptors (Lipinski definition) is 4. The number of para-hydroxylation sites is 1. The lowest BCUT2D eigenvalue weighted by atomic mass is 10.2. The van der Waals surface area contributed by atoms with Crippen molar-refractivity contribution in [3.8, 4) is 11.3 Å². The molecule has 0 aliphatic rings. The Balaban J connectivity index is 1.61. The third-order valence-corrected chi connectivity index (χ3v) is 6.04. The second-order valence-corrected chi connectivity index (χ2v) is 9.14. The van der Waals surface area contributed by atoms with Crippen LogP contribution in [0.2, 0.25) is 0 Å². The molecule has 6 heteroatoms. The van der Waals surface area contributed by atoms with Crippen molar-refractivity contribution in [1.82, 2.24) is 9.55 Å². The van der Waals surface area contributed by atoms with Crippen molar-refractivity contribution in [2.24, 2.45) is 5.92 Å². The van der Waals surface area contributed by atoms with Gasteiger partial charge in [-0.25, -0.2) is 4.98 Å². The average molecular weight is 469 g/mol. The lowest BCUT2D eigenvalue weighted by Crippen LogP contribution is -2.25. The van der Waals surface area contributed by atoms with E-state index in [0.717, 1.165) is 32.2 Å². The maximum atomic E-state index is 13.0. The molecule has 0 bridgehead atoms. The van der Waals surface area contributed by atoms with Gasteiger partial charge in [0.2, 0.25) is 0 Å². The Morgan fingerprint density at radius 2 is 1.83 bits per heavy atom. The second-order valence-electron chi connectivity index (χ2n) is 7.28. The van der Waals surface area contributed by atoms with E-state index in [1.54, 1.807) is 4.57 Å². The van der Waals surface area contributed by atoms with Crippen molar-refractivity contribution in [2.75, 3.05) is 0 Å². The van der Waals surface area contributed by atoms with Gasteiger partial charge in [0.25, 0.3) is 5.56 Å². The van der Waals surface area contributed by atoms with Crippen LogP contribution < -0.4 is 5.56 Å². The van der Waals surface area contributed by atoms with Crippen LogP contribution in [0.25, 0.3) is 22.2 Å². The summed E-state index contributed by atoms with van der Waals surface area (Å²) in [6.07, 6.45) is 0. The van der Waals surface area contributed by atoms with Crippen LogP contribution in [0.5, 0.6) is 0 Å². The standard InChI is InChI=1S/C23H21BrN2O2S/c1-15(2)13-26-22(27)19-5-3-4-6-20(19)25-23(26)29-14-18-11-12-21(28-18)16-7-9-17(24)10-8-16/h3-12,15H,13-14H2,1-2H3. The van der Waals surface area contributed by atoms with E-state index in [2.05, 4.69) is 29.8 Å². The molecule has 4 aromatic rings. The van der Waals surface area contributed by atoms with Gasteiger partial charge in [0.05, 0.1) is 16.7 Å². The topological polar surface area (TPSA) is 48.0 Å². The monoisotopic (exact) mass is 468 g/mol. The average Bonchev–Trinajstić information content (AvgIpc) is 3.18. The summed E-state index contributed by atoms with van der Waals surface area (Å²) in [5.74, 6) is 2.65. The van der Waals surface area contributed by atoms with Crippen molar-refractivity contribution in [3.05, 3.63) is 81.3 Å². The second kappa shape index (κ2) is 8.59. The fourth-order valence-electron chi connectivity index (χ4n) is 3.14. The first-order valence-electron chi connectivity index (χ1n) is 9.48. The summed E-state index contributed by atoms with van der Waals surface area (Å²) in [5.41, 5.74) is 1.78. The van der Waals surface area contributed by atoms with Crippen molar-refractivity contribution in [1.29, 1.82) is 0 Å². The lowest BCUT2D eigenvalue weighted by molar-refractivity contribution is 0.474. The highest BCUT2D eigenvalue weighted by Crippen LogP contribution is 2.28. The molecule has 148 valence electrons. The Morgan fingerprint density at radius 1 is 1.07 bits per heavy atom. The first kappa shape index (κ1) is 20.0. The Labute approximate surface area is 182 Å². The highest BCUT2D eigenvalue weighted by Gasteiger charge is 2.14. The van der Waals surface area contributed by atoms with Gasteiger partial charge < -0.3 is 4.42 Å². The summed E-state index contributed by atoms with van der Waals surface area (Å²) in [5, 5.41) is 1.39. The zero-order valence-corrected chi connectivity index (χ0v) is 18.7. The predicted molar refractivity (Wildman–Crippen MR) is 122 cm³/mol. The van der Waals surface area contributed by atoms with Crippen molar-refractivity contribution < 1.29 is 4.42 Å². The number of aromatic nitrogens is 2. The molecule has 2 heterocycles. The summed E-state index contributed by atoms with van der Waals surface area (Å²) in [4.78, 5) is 17.8. The smallest absolute Gasteiger partial charge is 0.262 e. The van der Waals surface area contributed by atoms with Crippen LogP contribution in [-0.4, -0.2) is 9.55 Å². The number of rotatable bonds is 6. The Kier molecular flexibility index (Phi) is 5.92. The van der Waals surface area contributed by atoms with E-state index in [1.165, 1.54) is 11.8 Å². The van der Waals surface area contributed by atoms with Crippen LogP contribution in [-0.2, 0) is 12.3 Å². The predicted octanol–water partition coefficient (Wildman–Crippen LogP) is 6.37. The number of nitrogens with zero attached hydrogens (tertiary/aromatic N) is 2. The van der Waals surface area contributed by atoms with Gasteiger partial charge in [-0.05, 0) is 42.3 Å². The third kappa shape index (κ3) is 4.49. The van der Waals surface area contributed by atoms with Crippen LogP contribution in [0.1, 0.15) is 19.6 Å². The van der Waals surface area contributed by atoms with Crippen LogP contribution in [0, 0.1) is 5.92 Å². The summed E-state index contributed by atoms with van der Waals surface area (Å²) in [6.45, 7) is 4.85. The van der Waals surface area contributed by atoms with Crippen molar-refractivity contribution >= 4 is 38.6 Å². The van der Waals surface area contributed by atoms with Crippen LogP contribution in [0.3, 0.4) is 0 Å². The normalized spacial score (nSPS) is 11.4. The molecule has 29 heavy (non-hydrogen) atoms. The molecule has 0 radical (unpaired) electrons. The molecule has 0 fully saturated rings. The molecule has 0 amide bonds. The molecule has 0 N–H and O–H groups in total. The maximum absolute atomic E-state index is 13.0. The molecule has 0 aliphatic heterocycles. The first-order valence-corrected chi connectivity index (χ1v) is 11.3. The zero-order chi connectivity index (χ0) is 20.4. The Morgan fingerprint density at radius 3 is 2.59 bits per heavy atom. The van der Waals surface area contributed by atoms with E-state index < -0.39 is 0 Å². The fourth-order valence-corrected chi connectivity index (χ4v) is 4.31. The van der Waals surface area contributed by atoms with Crippen LogP contribution in [0.15, 0.2) is 79.5 Å². The highest BCUT2D eigenvalue weighted by atomic mass is 79.9. The molecule has 2 aromatic carbocycles. The molecular formula is C23H21BrN2O2S. The van der Waals surface area contributed by atoms with E-state index in [-0.39, 0.29) is 5.56 Å². The number of halogens is 1. The van der Waals surface area contributed by atoms with Gasteiger partial charge in [-0.1, -0.05) is 65.8 Å². The van der Waals surface area contributed by atoms with Gasteiger partial charge in [0, 0.05) is 16.6 Å². The number of hydrogen-bond donors (Lipinski definition) is 0. The Bertz CT molecular complexity index is 1200. The minimum Gasteiger partial charge on any atom is -0.460 e. The molecule has 4 nitrogen and oxygen atoms in total. The molecule has 0 saturated carbocycles. The van der Waals surface area contributed by atoms with E-state index in [0.29, 0.717) is 23.6 Å². The molecule has 0 spiro atoms. The van der Waals surface area contributed by atoms with Crippen molar-refractivity contribution in [2.45, 2.75) is 31.3 Å². The van der Waals surface area contributed by atoms with Gasteiger partial charge in [0.1, 0.15) is 11.5 Å². The van der Waals surface area contributed by atoms with Crippen LogP contribution >= 0.6 is 27.7 Å². The Hall–Kier alpha value is -2.31. The molecular weight excluding hydrogens is 448 g/mol. The molecule has 0 atom stereocenters.